The fraction of sp³-hybridized carbons (Fsp3) is 0.500. The number of nitrogens with zero attached hydrogens (tertiary/aromatic N) is 2. The van der Waals surface area contributed by atoms with Crippen LogP contribution < -0.4 is 20.7 Å². The highest BCUT2D eigenvalue weighted by Gasteiger charge is 2.40. The van der Waals surface area contributed by atoms with Gasteiger partial charge in [-0.2, -0.15) is 8.78 Å². The van der Waals surface area contributed by atoms with Gasteiger partial charge >= 0.3 is 12.7 Å². The molecule has 0 bridgehead atoms. The minimum absolute atomic E-state index is 0.0665. The summed E-state index contributed by atoms with van der Waals surface area (Å²) in [7, 11) is 0. The number of carbonyl (C=O) groups is 2. The number of hydrogen-bond donors (Lipinski definition) is 2. The smallest absolute Gasteiger partial charge is 0.405 e. The predicted molar refractivity (Wildman–Crippen MR) is 132 cm³/mol. The number of aryl methyl sites for hydroxylation is 1. The molecule has 4 rings (SSSR count). The number of halogens is 5. The molecule has 2 fully saturated rings. The molecule has 0 spiro atoms. The van der Waals surface area contributed by atoms with Gasteiger partial charge in [0.05, 0.1) is 17.8 Å². The summed E-state index contributed by atoms with van der Waals surface area (Å²) in [6.07, 6.45) is 0.163. The van der Waals surface area contributed by atoms with Crippen LogP contribution >= 0.6 is 0 Å². The maximum atomic E-state index is 14.5. The lowest BCUT2D eigenvalue weighted by atomic mass is 9.92. The highest BCUT2D eigenvalue weighted by atomic mass is 19.3. The molecule has 212 valence electrons. The maximum absolute atomic E-state index is 14.5. The first-order valence-corrected chi connectivity index (χ1v) is 12.4. The fourth-order valence-corrected chi connectivity index (χ4v) is 5.21. The molecule has 2 aromatic rings. The van der Waals surface area contributed by atoms with E-state index in [4.69, 9.17) is 10.5 Å². The second kappa shape index (κ2) is 10.9. The number of hydrogen-bond acceptors (Lipinski definition) is 6. The summed E-state index contributed by atoms with van der Waals surface area (Å²) in [6, 6.07) is 2.63. The molecule has 1 atom stereocenters. The molecule has 1 saturated carbocycles. The Balaban J connectivity index is 1.78. The molecule has 1 aliphatic heterocycles. The second-order valence-corrected chi connectivity index (χ2v) is 10.2. The van der Waals surface area contributed by atoms with Crippen LogP contribution in [0.5, 0.6) is 5.75 Å². The number of amides is 2. The summed E-state index contributed by atoms with van der Waals surface area (Å²) in [4.78, 5) is 31.0. The van der Waals surface area contributed by atoms with E-state index in [2.05, 4.69) is 15.0 Å². The van der Waals surface area contributed by atoms with Crippen LogP contribution in [0.2, 0.25) is 0 Å². The highest BCUT2D eigenvalue weighted by Crippen LogP contribution is 2.41. The molecule has 39 heavy (non-hydrogen) atoms. The van der Waals surface area contributed by atoms with E-state index in [1.807, 2.05) is 0 Å². The largest absolute Gasteiger partial charge is 0.441 e. The Morgan fingerprint density at radius 3 is 2.51 bits per heavy atom. The maximum Gasteiger partial charge on any atom is 0.405 e. The molecule has 1 saturated heterocycles. The molecule has 3 N–H and O–H groups in total. The minimum atomic E-state index is -3.19. The standard InChI is InChI=1S/C26H29F5N4O4/c1-14-20(15-9-16(27)11-18(10-15)38-23(28)29)21(35-8-7-25(2,13-35)39-24(32)37)19(12-33-14)22(36)34-17-3-5-26(30,31)6-4-17/h9-12,17,23H,3-8,13H2,1-2H3,(H2,32,37)(H,34,36). The summed E-state index contributed by atoms with van der Waals surface area (Å²) in [5.74, 6) is -4.64. The van der Waals surface area contributed by atoms with Gasteiger partial charge in [0, 0.05) is 55.4 Å². The molecule has 1 aromatic heterocycles. The van der Waals surface area contributed by atoms with E-state index in [1.54, 1.807) is 18.7 Å². The lowest BCUT2D eigenvalue weighted by Gasteiger charge is -2.31. The van der Waals surface area contributed by atoms with Gasteiger partial charge in [-0.25, -0.2) is 18.0 Å². The topological polar surface area (TPSA) is 107 Å². The van der Waals surface area contributed by atoms with Crippen LogP contribution in [-0.2, 0) is 4.74 Å². The Kier molecular flexibility index (Phi) is 7.89. The van der Waals surface area contributed by atoms with Crippen molar-refractivity contribution in [1.82, 2.24) is 10.3 Å². The molecular weight excluding hydrogens is 527 g/mol. The van der Waals surface area contributed by atoms with Crippen molar-refractivity contribution in [2.24, 2.45) is 5.73 Å². The van der Waals surface area contributed by atoms with Gasteiger partial charge in [0.2, 0.25) is 5.92 Å². The number of benzene rings is 1. The number of aromatic nitrogens is 1. The van der Waals surface area contributed by atoms with Crippen LogP contribution in [0, 0.1) is 12.7 Å². The lowest BCUT2D eigenvalue weighted by Crippen LogP contribution is -2.41. The first-order chi connectivity index (χ1) is 18.2. The predicted octanol–water partition coefficient (Wildman–Crippen LogP) is 5.17. The molecule has 1 unspecified atom stereocenters. The number of ether oxygens (including phenoxy) is 2. The number of nitrogens with two attached hydrogens (primary N) is 1. The van der Waals surface area contributed by atoms with E-state index in [-0.39, 0.29) is 48.9 Å². The van der Waals surface area contributed by atoms with Crippen LogP contribution in [0.3, 0.4) is 0 Å². The van der Waals surface area contributed by atoms with Crippen LogP contribution in [0.1, 0.15) is 55.1 Å². The summed E-state index contributed by atoms with van der Waals surface area (Å²) in [5, 5.41) is 2.79. The average molecular weight is 557 g/mol. The van der Waals surface area contributed by atoms with E-state index in [0.29, 0.717) is 24.3 Å². The van der Waals surface area contributed by atoms with Gasteiger partial charge in [-0.3, -0.25) is 9.78 Å². The van der Waals surface area contributed by atoms with E-state index < -0.39 is 47.7 Å². The van der Waals surface area contributed by atoms with Crippen LogP contribution in [-0.4, -0.2) is 54.3 Å². The summed E-state index contributed by atoms with van der Waals surface area (Å²) in [6.45, 7) is 0.495. The van der Waals surface area contributed by atoms with Crippen LogP contribution in [0.25, 0.3) is 11.1 Å². The molecule has 0 radical (unpaired) electrons. The number of alkyl halides is 4. The summed E-state index contributed by atoms with van der Waals surface area (Å²) in [5.41, 5.74) is 5.36. The average Bonchev–Trinajstić information content (AvgIpc) is 3.19. The fourth-order valence-electron chi connectivity index (χ4n) is 5.21. The number of anilines is 1. The summed E-state index contributed by atoms with van der Waals surface area (Å²) < 4.78 is 77.3. The first kappa shape index (κ1) is 28.4. The third-order valence-electron chi connectivity index (χ3n) is 7.02. The zero-order valence-corrected chi connectivity index (χ0v) is 21.4. The Morgan fingerprint density at radius 1 is 1.18 bits per heavy atom. The Bertz CT molecular complexity index is 1250. The van der Waals surface area contributed by atoms with E-state index in [9.17, 15) is 31.5 Å². The minimum Gasteiger partial charge on any atom is -0.441 e. The Labute approximate surface area is 221 Å². The van der Waals surface area contributed by atoms with Crippen molar-refractivity contribution in [2.45, 2.75) is 70.1 Å². The second-order valence-electron chi connectivity index (χ2n) is 10.2. The van der Waals surface area contributed by atoms with Gasteiger partial charge in [-0.05, 0) is 44.4 Å². The number of carbonyl (C=O) groups excluding carboxylic acids is 2. The number of primary amides is 1. The van der Waals surface area contributed by atoms with Gasteiger partial charge in [-0.1, -0.05) is 0 Å². The van der Waals surface area contributed by atoms with Crippen molar-refractivity contribution in [3.05, 3.63) is 41.5 Å². The Morgan fingerprint density at radius 2 is 1.87 bits per heavy atom. The number of rotatable bonds is 7. The molecule has 2 amide bonds. The van der Waals surface area contributed by atoms with Gasteiger partial charge in [0.25, 0.3) is 5.91 Å². The molecule has 8 nitrogen and oxygen atoms in total. The van der Waals surface area contributed by atoms with E-state index >= 15 is 0 Å². The van der Waals surface area contributed by atoms with Crippen molar-refractivity contribution < 1.29 is 41.0 Å². The van der Waals surface area contributed by atoms with Gasteiger partial charge in [0.15, 0.2) is 0 Å². The Hall–Kier alpha value is -3.64. The van der Waals surface area contributed by atoms with Crippen molar-refractivity contribution in [3.8, 4) is 16.9 Å². The first-order valence-electron chi connectivity index (χ1n) is 12.4. The molecule has 2 aliphatic rings. The molecule has 1 aliphatic carbocycles. The third kappa shape index (κ3) is 6.69. The van der Waals surface area contributed by atoms with Crippen LogP contribution in [0.4, 0.5) is 32.4 Å². The highest BCUT2D eigenvalue weighted by molar-refractivity contribution is 6.04. The number of pyridine rings is 1. The molecular formula is C26H29F5N4O4. The monoisotopic (exact) mass is 556 g/mol. The van der Waals surface area contributed by atoms with Gasteiger partial charge in [0.1, 0.15) is 17.2 Å². The SMILES string of the molecule is Cc1ncc(C(=O)NC2CCC(F)(F)CC2)c(N2CCC(C)(OC(N)=O)C2)c1-c1cc(F)cc(OC(F)F)c1. The van der Waals surface area contributed by atoms with E-state index in [1.165, 1.54) is 12.3 Å². The number of nitrogens with one attached hydrogen (secondary N) is 1. The van der Waals surface area contributed by atoms with E-state index in [0.717, 1.165) is 12.1 Å². The third-order valence-corrected chi connectivity index (χ3v) is 7.02. The normalized spacial score (nSPS) is 21.2. The van der Waals surface area contributed by atoms with Crippen molar-refractivity contribution in [1.29, 1.82) is 0 Å². The summed E-state index contributed by atoms with van der Waals surface area (Å²) >= 11 is 0. The quantitative estimate of drug-likeness (QED) is 0.456. The van der Waals surface area contributed by atoms with Crippen molar-refractivity contribution >= 4 is 17.7 Å². The molecule has 2 heterocycles. The van der Waals surface area contributed by atoms with Crippen molar-refractivity contribution in [2.75, 3.05) is 18.0 Å². The molecule has 13 heteroatoms. The zero-order chi connectivity index (χ0) is 28.5. The van der Waals surface area contributed by atoms with Crippen molar-refractivity contribution in [3.63, 3.8) is 0 Å². The van der Waals surface area contributed by atoms with Gasteiger partial charge in [-0.15, -0.1) is 0 Å². The van der Waals surface area contributed by atoms with Crippen LogP contribution in [0.15, 0.2) is 24.4 Å². The lowest BCUT2D eigenvalue weighted by molar-refractivity contribution is -0.0500. The molecule has 1 aromatic carbocycles. The van der Waals surface area contributed by atoms with Gasteiger partial charge < -0.3 is 25.4 Å². The zero-order valence-electron chi connectivity index (χ0n) is 21.4.